The molecule has 0 unspecified atom stereocenters. The number of piperidine rings is 1. The summed E-state index contributed by atoms with van der Waals surface area (Å²) in [6.45, 7) is 1.57. The zero-order valence-electron chi connectivity index (χ0n) is 15.0. The Morgan fingerprint density at radius 1 is 1.16 bits per heavy atom. The molecule has 1 aromatic carbocycles. The molecule has 0 saturated carbocycles. The minimum absolute atomic E-state index is 0.0183. The van der Waals surface area contributed by atoms with E-state index in [-0.39, 0.29) is 18.9 Å². The number of anilines is 1. The zero-order valence-corrected chi connectivity index (χ0v) is 15.8. The average Bonchev–Trinajstić information content (AvgIpc) is 2.61. The number of hydrogen-bond donors (Lipinski definition) is 0. The quantitative estimate of drug-likeness (QED) is 0.732. The third-order valence-corrected chi connectivity index (χ3v) is 5.47. The Morgan fingerprint density at radius 3 is 2.40 bits per heavy atom. The van der Waals surface area contributed by atoms with E-state index < -0.39 is 10.0 Å². The lowest BCUT2D eigenvalue weighted by molar-refractivity contribution is -0.131. The van der Waals surface area contributed by atoms with E-state index in [1.807, 2.05) is 4.90 Å². The summed E-state index contributed by atoms with van der Waals surface area (Å²) in [4.78, 5) is 14.2. The van der Waals surface area contributed by atoms with Gasteiger partial charge < -0.3 is 14.4 Å². The van der Waals surface area contributed by atoms with Crippen LogP contribution in [0.1, 0.15) is 25.7 Å². The van der Waals surface area contributed by atoms with Crippen molar-refractivity contribution < 1.29 is 22.7 Å². The molecule has 1 heterocycles. The number of likely N-dealkylation sites (tertiary alicyclic amines) is 1. The van der Waals surface area contributed by atoms with Crippen molar-refractivity contribution in [3.63, 3.8) is 0 Å². The molecule has 1 aromatic rings. The monoisotopic (exact) mass is 370 g/mol. The maximum absolute atomic E-state index is 12.4. The van der Waals surface area contributed by atoms with Crippen molar-refractivity contribution in [1.82, 2.24) is 4.90 Å². The number of hydrogen-bond acceptors (Lipinski definition) is 5. The molecule has 1 aliphatic heterocycles. The Bertz CT molecular complexity index is 699. The van der Waals surface area contributed by atoms with E-state index in [9.17, 15) is 13.2 Å². The van der Waals surface area contributed by atoms with E-state index >= 15 is 0 Å². The SMILES string of the molecule is COc1ccc(OC)c(N(CCC(=O)N2CCCCC2)S(C)(=O)=O)c1. The number of nitrogens with zero attached hydrogens (tertiary/aromatic N) is 2. The standard InChI is InChI=1S/C17H26N2O5S/c1-23-14-7-8-16(24-2)15(13-14)19(25(3,21)22)12-9-17(20)18-10-5-4-6-11-18/h7-8,13H,4-6,9-12H2,1-3H3. The molecule has 7 nitrogen and oxygen atoms in total. The number of amides is 1. The summed E-state index contributed by atoms with van der Waals surface area (Å²) in [5, 5.41) is 0. The number of carbonyl (C=O) groups excluding carboxylic acids is 1. The first-order valence-corrected chi connectivity index (χ1v) is 10.2. The van der Waals surface area contributed by atoms with Gasteiger partial charge in [0.25, 0.3) is 0 Å². The van der Waals surface area contributed by atoms with Crippen LogP contribution in [-0.2, 0) is 14.8 Å². The molecule has 0 radical (unpaired) electrons. The van der Waals surface area contributed by atoms with Crippen molar-refractivity contribution in [2.24, 2.45) is 0 Å². The van der Waals surface area contributed by atoms with Gasteiger partial charge >= 0.3 is 0 Å². The predicted octanol–water partition coefficient (Wildman–Crippen LogP) is 1.87. The summed E-state index contributed by atoms with van der Waals surface area (Å²) in [5.74, 6) is 0.915. The van der Waals surface area contributed by atoms with Crippen LogP contribution in [0.3, 0.4) is 0 Å². The third-order valence-electron chi connectivity index (χ3n) is 4.29. The van der Waals surface area contributed by atoms with Gasteiger partial charge in [-0.3, -0.25) is 9.10 Å². The predicted molar refractivity (Wildman–Crippen MR) is 96.8 cm³/mol. The van der Waals surface area contributed by atoms with Crippen molar-refractivity contribution in [1.29, 1.82) is 0 Å². The molecule has 25 heavy (non-hydrogen) atoms. The van der Waals surface area contributed by atoms with Crippen LogP contribution in [0.15, 0.2) is 18.2 Å². The fourth-order valence-corrected chi connectivity index (χ4v) is 3.88. The summed E-state index contributed by atoms with van der Waals surface area (Å²) in [6.07, 6.45) is 4.40. The van der Waals surface area contributed by atoms with E-state index in [1.165, 1.54) is 18.5 Å². The van der Waals surface area contributed by atoms with Crippen molar-refractivity contribution >= 4 is 21.6 Å². The summed E-state index contributed by atoms with van der Waals surface area (Å²) in [6, 6.07) is 4.95. The fourth-order valence-electron chi connectivity index (χ4n) is 2.96. The Kier molecular flexibility index (Phi) is 6.52. The summed E-state index contributed by atoms with van der Waals surface area (Å²) in [7, 11) is -0.588. The molecule has 2 rings (SSSR count). The number of sulfonamides is 1. The highest BCUT2D eigenvalue weighted by Crippen LogP contribution is 2.33. The molecule has 1 fully saturated rings. The zero-order chi connectivity index (χ0) is 18.4. The largest absolute Gasteiger partial charge is 0.497 e. The minimum Gasteiger partial charge on any atom is -0.497 e. The lowest BCUT2D eigenvalue weighted by atomic mass is 10.1. The molecular weight excluding hydrogens is 344 g/mol. The number of ether oxygens (including phenoxy) is 2. The van der Waals surface area contributed by atoms with Gasteiger partial charge in [-0.25, -0.2) is 8.42 Å². The van der Waals surface area contributed by atoms with Gasteiger partial charge in [-0.2, -0.15) is 0 Å². The first-order chi connectivity index (χ1) is 11.9. The molecule has 0 bridgehead atoms. The van der Waals surface area contributed by atoms with E-state index in [0.29, 0.717) is 17.2 Å². The van der Waals surface area contributed by atoms with Crippen LogP contribution in [0.2, 0.25) is 0 Å². The number of rotatable bonds is 7. The summed E-state index contributed by atoms with van der Waals surface area (Å²) >= 11 is 0. The van der Waals surface area contributed by atoms with Crippen LogP contribution < -0.4 is 13.8 Å². The highest BCUT2D eigenvalue weighted by atomic mass is 32.2. The van der Waals surface area contributed by atoms with Crippen LogP contribution in [-0.4, -0.2) is 59.3 Å². The Labute approximate surface area is 149 Å². The molecule has 1 aliphatic rings. The van der Waals surface area contributed by atoms with Gasteiger partial charge in [0.2, 0.25) is 15.9 Å². The first kappa shape index (κ1) is 19.4. The van der Waals surface area contributed by atoms with Crippen LogP contribution in [0.4, 0.5) is 5.69 Å². The highest BCUT2D eigenvalue weighted by Gasteiger charge is 2.24. The van der Waals surface area contributed by atoms with E-state index in [2.05, 4.69) is 0 Å². The lowest BCUT2D eigenvalue weighted by Crippen LogP contribution is -2.39. The smallest absolute Gasteiger partial charge is 0.232 e. The van der Waals surface area contributed by atoms with Crippen LogP contribution in [0, 0.1) is 0 Å². The normalized spacial score (nSPS) is 14.9. The minimum atomic E-state index is -3.57. The molecule has 0 atom stereocenters. The van der Waals surface area contributed by atoms with Gasteiger partial charge in [-0.15, -0.1) is 0 Å². The van der Waals surface area contributed by atoms with E-state index in [0.717, 1.165) is 38.6 Å². The van der Waals surface area contributed by atoms with E-state index in [4.69, 9.17) is 9.47 Å². The van der Waals surface area contributed by atoms with Gasteiger partial charge in [0.05, 0.1) is 26.2 Å². The van der Waals surface area contributed by atoms with Gasteiger partial charge in [0, 0.05) is 32.1 Å². The Morgan fingerprint density at radius 2 is 1.84 bits per heavy atom. The summed E-state index contributed by atoms with van der Waals surface area (Å²) < 4.78 is 36.3. The van der Waals surface area contributed by atoms with Crippen LogP contribution in [0.5, 0.6) is 11.5 Å². The number of methoxy groups -OCH3 is 2. The third kappa shape index (κ3) is 5.01. The molecular formula is C17H26N2O5S. The average molecular weight is 370 g/mol. The topological polar surface area (TPSA) is 76.2 Å². The molecule has 0 aromatic heterocycles. The van der Waals surface area contributed by atoms with Gasteiger partial charge in [0.1, 0.15) is 11.5 Å². The Hall–Kier alpha value is -1.96. The second-order valence-electron chi connectivity index (χ2n) is 6.06. The molecule has 1 saturated heterocycles. The summed E-state index contributed by atoms with van der Waals surface area (Å²) in [5.41, 5.74) is 0.371. The Balaban J connectivity index is 2.21. The molecule has 0 spiro atoms. The maximum Gasteiger partial charge on any atom is 0.232 e. The van der Waals surface area contributed by atoms with Gasteiger partial charge in [-0.1, -0.05) is 0 Å². The van der Waals surface area contributed by atoms with E-state index in [1.54, 1.807) is 18.2 Å². The van der Waals surface area contributed by atoms with Crippen molar-refractivity contribution in [2.75, 3.05) is 44.4 Å². The fraction of sp³-hybridized carbons (Fsp3) is 0.588. The van der Waals surface area contributed by atoms with Crippen molar-refractivity contribution in [3.8, 4) is 11.5 Å². The van der Waals surface area contributed by atoms with Crippen LogP contribution in [0.25, 0.3) is 0 Å². The van der Waals surface area contributed by atoms with Crippen LogP contribution >= 0.6 is 0 Å². The molecule has 0 aliphatic carbocycles. The second kappa shape index (κ2) is 8.42. The van der Waals surface area contributed by atoms with Gasteiger partial charge in [0.15, 0.2) is 0 Å². The number of carbonyl (C=O) groups is 1. The lowest BCUT2D eigenvalue weighted by Gasteiger charge is -2.29. The highest BCUT2D eigenvalue weighted by molar-refractivity contribution is 7.92. The molecule has 1 amide bonds. The van der Waals surface area contributed by atoms with Gasteiger partial charge in [-0.05, 0) is 31.4 Å². The molecule has 0 N–H and O–H groups in total. The maximum atomic E-state index is 12.4. The second-order valence-corrected chi connectivity index (χ2v) is 7.97. The molecule has 140 valence electrons. The van der Waals surface area contributed by atoms with Crippen molar-refractivity contribution in [3.05, 3.63) is 18.2 Å². The first-order valence-electron chi connectivity index (χ1n) is 8.34. The molecule has 8 heteroatoms. The van der Waals surface area contributed by atoms with Crippen molar-refractivity contribution in [2.45, 2.75) is 25.7 Å². The number of benzene rings is 1.